The Hall–Kier alpha value is -2.93. The van der Waals surface area contributed by atoms with Crippen LogP contribution in [0.1, 0.15) is 18.5 Å². The summed E-state index contributed by atoms with van der Waals surface area (Å²) in [6.07, 6.45) is 0. The van der Waals surface area contributed by atoms with Gasteiger partial charge < -0.3 is 29.3 Å². The number of carbonyl (C=O) groups is 1. The third-order valence-corrected chi connectivity index (χ3v) is 5.57. The Morgan fingerprint density at radius 2 is 1.97 bits per heavy atom. The standard InChI is InChI=1S/C22H27N3O4/c1-16(17-6-7-20-21(12-17)29-15-28-20)23-22(26)14-24-8-10-25(11-9-24)18-4-3-5-19(13-18)27-2/h3-7,12-13,16H,8-11,14-15H2,1-2H3,(H,23,26)/p+1/t16-/m1/s1. The van der Waals surface area contributed by atoms with Crippen LogP contribution in [0.5, 0.6) is 17.2 Å². The van der Waals surface area contributed by atoms with E-state index in [9.17, 15) is 4.79 Å². The van der Waals surface area contributed by atoms with E-state index >= 15 is 0 Å². The first-order valence-corrected chi connectivity index (χ1v) is 10.0. The topological polar surface area (TPSA) is 64.5 Å². The van der Waals surface area contributed by atoms with E-state index in [1.807, 2.05) is 37.3 Å². The number of ether oxygens (including phenoxy) is 3. The number of nitrogens with one attached hydrogen (secondary N) is 2. The van der Waals surface area contributed by atoms with Crippen molar-refractivity contribution in [3.05, 3.63) is 48.0 Å². The number of hydrogen-bond acceptors (Lipinski definition) is 5. The minimum Gasteiger partial charge on any atom is -0.497 e. The molecule has 0 radical (unpaired) electrons. The van der Waals surface area contributed by atoms with E-state index in [0.717, 1.165) is 49.0 Å². The molecule has 4 rings (SSSR count). The van der Waals surface area contributed by atoms with Gasteiger partial charge in [0, 0.05) is 11.8 Å². The molecule has 7 heteroatoms. The van der Waals surface area contributed by atoms with Crippen LogP contribution in [0.25, 0.3) is 0 Å². The average Bonchev–Trinajstić information content (AvgIpc) is 3.22. The second kappa shape index (κ2) is 8.61. The summed E-state index contributed by atoms with van der Waals surface area (Å²) < 4.78 is 16.1. The van der Waals surface area contributed by atoms with E-state index in [2.05, 4.69) is 22.3 Å². The van der Waals surface area contributed by atoms with Crippen molar-refractivity contribution < 1.29 is 23.9 Å². The number of carbonyl (C=O) groups excluding carboxylic acids is 1. The molecule has 0 aromatic heterocycles. The molecule has 1 atom stereocenters. The number of methoxy groups -OCH3 is 1. The first-order valence-electron chi connectivity index (χ1n) is 10.0. The van der Waals surface area contributed by atoms with Crippen LogP contribution in [-0.4, -0.2) is 52.5 Å². The van der Waals surface area contributed by atoms with Gasteiger partial charge >= 0.3 is 0 Å². The summed E-state index contributed by atoms with van der Waals surface area (Å²) in [5.74, 6) is 2.43. The zero-order chi connectivity index (χ0) is 20.2. The van der Waals surface area contributed by atoms with E-state index in [-0.39, 0.29) is 18.7 Å². The molecular weight excluding hydrogens is 370 g/mol. The number of quaternary nitrogens is 1. The highest BCUT2D eigenvalue weighted by Crippen LogP contribution is 2.34. The van der Waals surface area contributed by atoms with Crippen LogP contribution in [0.2, 0.25) is 0 Å². The molecular formula is C22H28N3O4+. The van der Waals surface area contributed by atoms with Gasteiger partial charge in [-0.2, -0.15) is 0 Å². The lowest BCUT2D eigenvalue weighted by atomic mass is 10.1. The molecule has 29 heavy (non-hydrogen) atoms. The van der Waals surface area contributed by atoms with Gasteiger partial charge in [0.1, 0.15) is 5.75 Å². The summed E-state index contributed by atoms with van der Waals surface area (Å²) in [5, 5.41) is 3.11. The van der Waals surface area contributed by atoms with Crippen molar-refractivity contribution in [2.75, 3.05) is 51.5 Å². The molecule has 2 aromatic rings. The van der Waals surface area contributed by atoms with Gasteiger partial charge in [0.15, 0.2) is 18.0 Å². The molecule has 0 unspecified atom stereocenters. The Bertz CT molecular complexity index is 865. The minimum absolute atomic E-state index is 0.0694. The lowest BCUT2D eigenvalue weighted by Gasteiger charge is -2.33. The highest BCUT2D eigenvalue weighted by Gasteiger charge is 2.24. The number of piperazine rings is 1. The Morgan fingerprint density at radius 3 is 2.76 bits per heavy atom. The van der Waals surface area contributed by atoms with Crippen molar-refractivity contribution in [2.24, 2.45) is 0 Å². The van der Waals surface area contributed by atoms with Crippen molar-refractivity contribution in [3.63, 3.8) is 0 Å². The van der Waals surface area contributed by atoms with Gasteiger partial charge in [0.2, 0.25) is 6.79 Å². The monoisotopic (exact) mass is 398 g/mol. The number of amides is 1. The summed E-state index contributed by atoms with van der Waals surface area (Å²) in [4.78, 5) is 16.2. The normalized spacial score (nSPS) is 17.1. The average molecular weight is 398 g/mol. The molecule has 2 aliphatic rings. The molecule has 2 N–H and O–H groups in total. The fraction of sp³-hybridized carbons (Fsp3) is 0.409. The smallest absolute Gasteiger partial charge is 0.275 e. The van der Waals surface area contributed by atoms with E-state index in [4.69, 9.17) is 14.2 Å². The molecule has 2 aliphatic heterocycles. The highest BCUT2D eigenvalue weighted by molar-refractivity contribution is 5.77. The predicted octanol–water partition coefficient (Wildman–Crippen LogP) is 1.01. The quantitative estimate of drug-likeness (QED) is 0.760. The number of hydrogen-bond donors (Lipinski definition) is 2. The Labute approximate surface area is 171 Å². The summed E-state index contributed by atoms with van der Waals surface area (Å²) >= 11 is 0. The summed E-state index contributed by atoms with van der Waals surface area (Å²) in [7, 11) is 1.68. The van der Waals surface area contributed by atoms with Crippen LogP contribution in [0, 0.1) is 0 Å². The van der Waals surface area contributed by atoms with Crippen LogP contribution < -0.4 is 29.3 Å². The maximum atomic E-state index is 12.5. The van der Waals surface area contributed by atoms with Crippen molar-refractivity contribution in [3.8, 4) is 17.2 Å². The van der Waals surface area contributed by atoms with Gasteiger partial charge in [-0.05, 0) is 36.8 Å². The van der Waals surface area contributed by atoms with E-state index in [1.165, 1.54) is 10.6 Å². The molecule has 1 fully saturated rings. The SMILES string of the molecule is COc1cccc(N2CC[NH+](CC(=O)N[C@H](C)c3ccc4c(c3)OCO4)CC2)c1. The highest BCUT2D eigenvalue weighted by atomic mass is 16.7. The van der Waals surface area contributed by atoms with Crippen molar-refractivity contribution in [1.29, 1.82) is 0 Å². The molecule has 7 nitrogen and oxygen atoms in total. The van der Waals surface area contributed by atoms with Crippen LogP contribution in [0.4, 0.5) is 5.69 Å². The lowest BCUT2D eigenvalue weighted by Crippen LogP contribution is -3.15. The first-order chi connectivity index (χ1) is 14.1. The predicted molar refractivity (Wildman–Crippen MR) is 110 cm³/mol. The van der Waals surface area contributed by atoms with Crippen LogP contribution in [-0.2, 0) is 4.79 Å². The molecule has 0 bridgehead atoms. The number of anilines is 1. The van der Waals surface area contributed by atoms with E-state index in [1.54, 1.807) is 7.11 Å². The number of rotatable bonds is 6. The second-order valence-corrected chi connectivity index (χ2v) is 7.52. The van der Waals surface area contributed by atoms with Crippen LogP contribution in [0.3, 0.4) is 0 Å². The lowest BCUT2D eigenvalue weighted by molar-refractivity contribution is -0.892. The third kappa shape index (κ3) is 4.56. The Kier molecular flexibility index (Phi) is 5.76. The summed E-state index contributed by atoms with van der Waals surface area (Å²) in [5.41, 5.74) is 2.18. The van der Waals surface area contributed by atoms with Crippen molar-refractivity contribution in [2.45, 2.75) is 13.0 Å². The molecule has 0 aliphatic carbocycles. The van der Waals surface area contributed by atoms with Crippen LogP contribution in [0.15, 0.2) is 42.5 Å². The third-order valence-electron chi connectivity index (χ3n) is 5.57. The van der Waals surface area contributed by atoms with Gasteiger partial charge in [-0.1, -0.05) is 12.1 Å². The minimum atomic E-state index is -0.0746. The summed E-state index contributed by atoms with van der Waals surface area (Å²) in [6, 6.07) is 13.9. The molecule has 2 heterocycles. The second-order valence-electron chi connectivity index (χ2n) is 7.52. The maximum Gasteiger partial charge on any atom is 0.275 e. The Balaban J connectivity index is 1.26. The zero-order valence-corrected chi connectivity index (χ0v) is 16.9. The maximum absolute atomic E-state index is 12.5. The first kappa shape index (κ1) is 19.4. The largest absolute Gasteiger partial charge is 0.497 e. The van der Waals surface area contributed by atoms with Gasteiger partial charge in [-0.3, -0.25) is 4.79 Å². The number of benzene rings is 2. The molecule has 154 valence electrons. The zero-order valence-electron chi connectivity index (χ0n) is 16.9. The van der Waals surface area contributed by atoms with E-state index in [0.29, 0.717) is 6.54 Å². The van der Waals surface area contributed by atoms with Gasteiger partial charge in [-0.25, -0.2) is 0 Å². The molecule has 0 spiro atoms. The molecule has 1 saturated heterocycles. The van der Waals surface area contributed by atoms with Crippen molar-refractivity contribution >= 4 is 11.6 Å². The van der Waals surface area contributed by atoms with E-state index < -0.39 is 0 Å². The van der Waals surface area contributed by atoms with Crippen molar-refractivity contribution in [1.82, 2.24) is 5.32 Å². The molecule has 0 saturated carbocycles. The number of fused-ring (bicyclic) bond motifs is 1. The fourth-order valence-corrected chi connectivity index (χ4v) is 3.85. The Morgan fingerprint density at radius 1 is 1.17 bits per heavy atom. The number of nitrogens with zero attached hydrogens (tertiary/aromatic N) is 1. The fourth-order valence-electron chi connectivity index (χ4n) is 3.85. The molecule has 2 aromatic carbocycles. The molecule has 1 amide bonds. The van der Waals surface area contributed by atoms with Gasteiger partial charge in [-0.15, -0.1) is 0 Å². The van der Waals surface area contributed by atoms with Gasteiger partial charge in [0.05, 0.1) is 39.3 Å². The van der Waals surface area contributed by atoms with Gasteiger partial charge in [0.25, 0.3) is 5.91 Å². The summed E-state index contributed by atoms with van der Waals surface area (Å²) in [6.45, 7) is 6.45. The van der Waals surface area contributed by atoms with Crippen LogP contribution >= 0.6 is 0 Å².